The summed E-state index contributed by atoms with van der Waals surface area (Å²) < 4.78 is 21.5. The van der Waals surface area contributed by atoms with Crippen molar-refractivity contribution >= 4 is 11.8 Å². The Morgan fingerprint density at radius 2 is 1.62 bits per heavy atom. The van der Waals surface area contributed by atoms with Crippen LogP contribution in [0, 0.1) is 0 Å². The quantitative estimate of drug-likeness (QED) is 0.546. The van der Waals surface area contributed by atoms with Gasteiger partial charge in [0.1, 0.15) is 0 Å². The molecule has 162 valence electrons. The minimum Gasteiger partial charge on any atom is -0.493 e. The van der Waals surface area contributed by atoms with Gasteiger partial charge in [0.25, 0.3) is 5.91 Å². The van der Waals surface area contributed by atoms with Crippen molar-refractivity contribution < 1.29 is 28.5 Å². The molecule has 1 aliphatic rings. The van der Waals surface area contributed by atoms with Crippen molar-refractivity contribution in [1.82, 2.24) is 10.6 Å². The number of carbonyl (C=O) groups is 2. The van der Waals surface area contributed by atoms with E-state index in [1.165, 1.54) is 52.7 Å². The number of rotatable bonds is 11. The van der Waals surface area contributed by atoms with E-state index in [9.17, 15) is 9.59 Å². The molecule has 0 saturated heterocycles. The molecule has 1 fully saturated rings. The molecule has 0 atom stereocenters. The molecule has 0 aliphatic heterocycles. The first kappa shape index (κ1) is 22.8. The summed E-state index contributed by atoms with van der Waals surface area (Å²) in [4.78, 5) is 24.3. The molecule has 2 rings (SSSR count). The summed E-state index contributed by atoms with van der Waals surface area (Å²) in [6.07, 6.45) is 7.19. The first-order valence-electron chi connectivity index (χ1n) is 10.1. The van der Waals surface area contributed by atoms with Gasteiger partial charge in [0, 0.05) is 18.7 Å². The molecule has 1 aromatic rings. The largest absolute Gasteiger partial charge is 0.493 e. The van der Waals surface area contributed by atoms with Gasteiger partial charge in [0.05, 0.1) is 34.0 Å². The zero-order chi connectivity index (χ0) is 21.1. The molecule has 8 nitrogen and oxygen atoms in total. The van der Waals surface area contributed by atoms with Crippen molar-refractivity contribution in [3.63, 3.8) is 0 Å². The third kappa shape index (κ3) is 7.12. The predicted molar refractivity (Wildman–Crippen MR) is 109 cm³/mol. The first-order chi connectivity index (χ1) is 14.1. The van der Waals surface area contributed by atoms with Crippen LogP contribution >= 0.6 is 0 Å². The Morgan fingerprint density at radius 1 is 0.966 bits per heavy atom. The van der Waals surface area contributed by atoms with Crippen LogP contribution in [0.5, 0.6) is 17.2 Å². The highest BCUT2D eigenvalue weighted by atomic mass is 16.5. The van der Waals surface area contributed by atoms with Gasteiger partial charge in [-0.2, -0.15) is 0 Å². The molecule has 1 saturated carbocycles. The second-order valence-corrected chi connectivity index (χ2v) is 6.93. The van der Waals surface area contributed by atoms with Crippen LogP contribution in [0.1, 0.15) is 48.9 Å². The number of methoxy groups -OCH3 is 3. The Bertz CT molecular complexity index is 648. The van der Waals surface area contributed by atoms with Gasteiger partial charge in [0.15, 0.2) is 11.5 Å². The number of carbonyl (C=O) groups excluding carboxylic acids is 2. The fourth-order valence-electron chi connectivity index (χ4n) is 3.32. The van der Waals surface area contributed by atoms with Crippen LogP contribution in [0.2, 0.25) is 0 Å². The van der Waals surface area contributed by atoms with E-state index in [-0.39, 0.29) is 12.5 Å². The van der Waals surface area contributed by atoms with Gasteiger partial charge in [-0.1, -0.05) is 19.3 Å². The highest BCUT2D eigenvalue weighted by Gasteiger charge is 2.17. The number of benzene rings is 1. The summed E-state index contributed by atoms with van der Waals surface area (Å²) in [5.74, 6) is 0.502. The molecule has 8 heteroatoms. The van der Waals surface area contributed by atoms with Crippen molar-refractivity contribution in [3.05, 3.63) is 17.7 Å². The fourth-order valence-corrected chi connectivity index (χ4v) is 3.32. The van der Waals surface area contributed by atoms with Crippen LogP contribution in [-0.2, 0) is 9.53 Å². The van der Waals surface area contributed by atoms with Crippen molar-refractivity contribution in [3.8, 4) is 17.2 Å². The predicted octanol–water partition coefficient (Wildman–Crippen LogP) is 2.30. The van der Waals surface area contributed by atoms with E-state index in [1.54, 1.807) is 0 Å². The lowest BCUT2D eigenvalue weighted by Gasteiger charge is -2.21. The van der Waals surface area contributed by atoms with Crippen molar-refractivity contribution in [2.75, 3.05) is 41.0 Å². The van der Waals surface area contributed by atoms with E-state index in [1.807, 2.05) is 0 Å². The van der Waals surface area contributed by atoms with Crippen LogP contribution in [0.25, 0.3) is 0 Å². The molecule has 0 aromatic heterocycles. The molecular formula is C21H32N2O6. The maximum absolute atomic E-state index is 12.4. The van der Waals surface area contributed by atoms with E-state index < -0.39 is 5.91 Å². The van der Waals surface area contributed by atoms with Gasteiger partial charge in [0.2, 0.25) is 11.7 Å². The third-order valence-electron chi connectivity index (χ3n) is 4.89. The number of hydrogen-bond acceptors (Lipinski definition) is 6. The van der Waals surface area contributed by atoms with Crippen LogP contribution in [0.4, 0.5) is 0 Å². The summed E-state index contributed by atoms with van der Waals surface area (Å²) in [6.45, 7) is 1.05. The van der Waals surface area contributed by atoms with Gasteiger partial charge in [-0.3, -0.25) is 9.59 Å². The normalized spacial score (nSPS) is 14.2. The van der Waals surface area contributed by atoms with E-state index in [0.717, 1.165) is 19.3 Å². The number of nitrogens with one attached hydrogen (secondary N) is 2. The zero-order valence-corrected chi connectivity index (χ0v) is 17.5. The van der Waals surface area contributed by atoms with Crippen LogP contribution < -0.4 is 24.8 Å². The molecule has 1 aliphatic carbocycles. The minimum atomic E-state index is -0.403. The summed E-state index contributed by atoms with van der Waals surface area (Å²) in [7, 11) is 4.44. The Balaban J connectivity index is 1.72. The van der Waals surface area contributed by atoms with Crippen molar-refractivity contribution in [2.24, 2.45) is 0 Å². The molecule has 0 bridgehead atoms. The molecule has 2 amide bonds. The van der Waals surface area contributed by atoms with Gasteiger partial charge in [-0.15, -0.1) is 0 Å². The van der Waals surface area contributed by atoms with Crippen molar-refractivity contribution in [2.45, 2.75) is 44.6 Å². The van der Waals surface area contributed by atoms with Crippen LogP contribution in [0.15, 0.2) is 12.1 Å². The third-order valence-corrected chi connectivity index (χ3v) is 4.89. The van der Waals surface area contributed by atoms with Gasteiger partial charge < -0.3 is 29.6 Å². The standard InChI is InChI=1S/C21H32N2O6/c1-26-17-12-15(13-18(27-2)20(17)28-3)21(25)23-14-19(24)22-10-7-11-29-16-8-5-4-6-9-16/h12-13,16H,4-11,14H2,1-3H3,(H,22,24)(H,23,25). The summed E-state index contributed by atoms with van der Waals surface area (Å²) in [5, 5.41) is 5.38. The van der Waals surface area contributed by atoms with Gasteiger partial charge in [-0.05, 0) is 31.4 Å². The number of amides is 2. The Morgan fingerprint density at radius 3 is 2.21 bits per heavy atom. The van der Waals surface area contributed by atoms with Crippen LogP contribution in [-0.4, -0.2) is 58.9 Å². The lowest BCUT2D eigenvalue weighted by Crippen LogP contribution is -2.37. The average Bonchev–Trinajstić information content (AvgIpc) is 2.76. The second kappa shape index (κ2) is 12.2. The second-order valence-electron chi connectivity index (χ2n) is 6.93. The maximum atomic E-state index is 12.4. The Hall–Kier alpha value is -2.48. The fraction of sp³-hybridized carbons (Fsp3) is 0.619. The first-order valence-corrected chi connectivity index (χ1v) is 10.1. The monoisotopic (exact) mass is 408 g/mol. The smallest absolute Gasteiger partial charge is 0.251 e. The highest BCUT2D eigenvalue weighted by Crippen LogP contribution is 2.38. The summed E-state index contributed by atoms with van der Waals surface area (Å²) in [6, 6.07) is 3.08. The van der Waals surface area contributed by atoms with E-state index in [4.69, 9.17) is 18.9 Å². The van der Waals surface area contributed by atoms with Crippen LogP contribution in [0.3, 0.4) is 0 Å². The molecular weight excluding hydrogens is 376 g/mol. The SMILES string of the molecule is COc1cc(C(=O)NCC(=O)NCCCOC2CCCCC2)cc(OC)c1OC. The zero-order valence-electron chi connectivity index (χ0n) is 17.5. The summed E-state index contributed by atoms with van der Waals surface area (Å²) >= 11 is 0. The van der Waals surface area contributed by atoms with E-state index in [0.29, 0.717) is 42.1 Å². The molecule has 29 heavy (non-hydrogen) atoms. The highest BCUT2D eigenvalue weighted by molar-refractivity contribution is 5.97. The van der Waals surface area contributed by atoms with Crippen molar-refractivity contribution in [1.29, 1.82) is 0 Å². The Kier molecular flexibility index (Phi) is 9.56. The average molecular weight is 408 g/mol. The maximum Gasteiger partial charge on any atom is 0.251 e. The number of ether oxygens (including phenoxy) is 4. The van der Waals surface area contributed by atoms with E-state index in [2.05, 4.69) is 10.6 Å². The molecule has 0 heterocycles. The van der Waals surface area contributed by atoms with E-state index >= 15 is 0 Å². The topological polar surface area (TPSA) is 95.1 Å². The lowest BCUT2D eigenvalue weighted by molar-refractivity contribution is -0.120. The molecule has 0 unspecified atom stereocenters. The minimum absolute atomic E-state index is 0.112. The summed E-state index contributed by atoms with van der Waals surface area (Å²) in [5.41, 5.74) is 0.313. The van der Waals surface area contributed by atoms with Gasteiger partial charge >= 0.3 is 0 Å². The lowest BCUT2D eigenvalue weighted by atomic mass is 9.98. The molecule has 2 N–H and O–H groups in total. The number of hydrogen-bond donors (Lipinski definition) is 2. The Labute approximate surface area is 172 Å². The molecule has 0 spiro atoms. The molecule has 0 radical (unpaired) electrons. The molecule has 1 aromatic carbocycles. The van der Waals surface area contributed by atoms with Gasteiger partial charge in [-0.25, -0.2) is 0 Å².